The van der Waals surface area contributed by atoms with Gasteiger partial charge in [-0.05, 0) is 30.7 Å². The van der Waals surface area contributed by atoms with Crippen LogP contribution < -0.4 is 10.6 Å². The molecule has 92 valence electrons. The number of nitrogens with one attached hydrogen (secondary N) is 2. The summed E-state index contributed by atoms with van der Waals surface area (Å²) in [6.45, 7) is 6.73. The van der Waals surface area contributed by atoms with Gasteiger partial charge in [-0.2, -0.15) is 0 Å². The molecule has 1 amide bonds. The summed E-state index contributed by atoms with van der Waals surface area (Å²) in [5.74, 6) is 0.0335. The molecule has 0 radical (unpaired) electrons. The van der Waals surface area contributed by atoms with Crippen LogP contribution in [0.15, 0.2) is 35.3 Å². The van der Waals surface area contributed by atoms with Gasteiger partial charge in [0.15, 0.2) is 0 Å². The lowest BCUT2D eigenvalue weighted by atomic mass is 10.2. The zero-order valence-corrected chi connectivity index (χ0v) is 11.5. The van der Waals surface area contributed by atoms with E-state index in [1.807, 2.05) is 25.1 Å². The number of carbonyl (C=O) groups excluding carboxylic acids is 1. The van der Waals surface area contributed by atoms with E-state index in [2.05, 4.69) is 33.1 Å². The van der Waals surface area contributed by atoms with Gasteiger partial charge in [0, 0.05) is 29.7 Å². The predicted octanol–water partition coefficient (Wildman–Crippen LogP) is 2.86. The lowest BCUT2D eigenvalue weighted by molar-refractivity contribution is -0.120. The molecule has 0 aliphatic rings. The van der Waals surface area contributed by atoms with Crippen LogP contribution in [-0.2, 0) is 4.79 Å². The fourth-order valence-electron chi connectivity index (χ4n) is 1.35. The Morgan fingerprint density at radius 1 is 1.53 bits per heavy atom. The Bertz CT molecular complexity index is 404. The molecule has 0 saturated carbocycles. The first kappa shape index (κ1) is 13.8. The molecule has 17 heavy (non-hydrogen) atoms. The number of amides is 1. The van der Waals surface area contributed by atoms with Crippen LogP contribution in [0.25, 0.3) is 0 Å². The van der Waals surface area contributed by atoms with Crippen molar-refractivity contribution < 1.29 is 4.79 Å². The van der Waals surface area contributed by atoms with Crippen molar-refractivity contribution in [3.05, 3.63) is 40.9 Å². The van der Waals surface area contributed by atoms with Gasteiger partial charge in [0.1, 0.15) is 0 Å². The van der Waals surface area contributed by atoms with Crippen LogP contribution in [0, 0.1) is 6.92 Å². The number of aryl methyl sites for hydroxylation is 1. The van der Waals surface area contributed by atoms with E-state index in [1.54, 1.807) is 6.08 Å². The Kier molecular flexibility index (Phi) is 5.77. The molecule has 4 heteroatoms. The number of hydrogen-bond acceptors (Lipinski definition) is 2. The van der Waals surface area contributed by atoms with Crippen molar-refractivity contribution in [1.82, 2.24) is 5.32 Å². The van der Waals surface area contributed by atoms with E-state index in [-0.39, 0.29) is 5.91 Å². The van der Waals surface area contributed by atoms with Crippen LogP contribution in [0.3, 0.4) is 0 Å². The molecule has 1 aromatic carbocycles. The van der Waals surface area contributed by atoms with Gasteiger partial charge in [-0.3, -0.25) is 4.79 Å². The van der Waals surface area contributed by atoms with E-state index in [9.17, 15) is 4.79 Å². The molecular formula is C13H17BrN2O. The van der Waals surface area contributed by atoms with E-state index in [1.165, 1.54) is 5.56 Å². The smallest absolute Gasteiger partial charge is 0.222 e. The number of benzene rings is 1. The lowest BCUT2D eigenvalue weighted by Gasteiger charge is -2.08. The van der Waals surface area contributed by atoms with Crippen molar-refractivity contribution in [3.8, 4) is 0 Å². The largest absolute Gasteiger partial charge is 0.385 e. The molecule has 0 aliphatic carbocycles. The van der Waals surface area contributed by atoms with E-state index >= 15 is 0 Å². The van der Waals surface area contributed by atoms with Crippen LogP contribution in [0.2, 0.25) is 0 Å². The maximum Gasteiger partial charge on any atom is 0.222 e. The number of hydrogen-bond donors (Lipinski definition) is 2. The van der Waals surface area contributed by atoms with Crippen LogP contribution >= 0.6 is 15.9 Å². The van der Waals surface area contributed by atoms with Crippen LogP contribution in [0.4, 0.5) is 5.69 Å². The maximum absolute atomic E-state index is 11.3. The standard InChI is InChI=1S/C13H17BrN2O/c1-3-7-16-13(17)6-8-15-11-4-5-12(14)10(2)9-11/h3-5,9,15H,1,6-8H2,2H3,(H,16,17). The van der Waals surface area contributed by atoms with Gasteiger partial charge in [-0.1, -0.05) is 22.0 Å². The van der Waals surface area contributed by atoms with Crippen molar-refractivity contribution in [1.29, 1.82) is 0 Å². The molecule has 0 unspecified atom stereocenters. The quantitative estimate of drug-likeness (QED) is 0.793. The monoisotopic (exact) mass is 296 g/mol. The fourth-order valence-corrected chi connectivity index (χ4v) is 1.60. The third kappa shape index (κ3) is 5.04. The van der Waals surface area contributed by atoms with Crippen LogP contribution in [0.5, 0.6) is 0 Å². The summed E-state index contributed by atoms with van der Waals surface area (Å²) in [6, 6.07) is 6.03. The van der Waals surface area contributed by atoms with Crippen LogP contribution in [0.1, 0.15) is 12.0 Å². The summed E-state index contributed by atoms with van der Waals surface area (Å²) in [5.41, 5.74) is 2.20. The first-order valence-electron chi connectivity index (χ1n) is 5.51. The van der Waals surface area contributed by atoms with E-state index in [4.69, 9.17) is 0 Å². The highest BCUT2D eigenvalue weighted by molar-refractivity contribution is 9.10. The predicted molar refractivity (Wildman–Crippen MR) is 75.2 cm³/mol. The molecule has 0 saturated heterocycles. The van der Waals surface area contributed by atoms with Gasteiger partial charge in [0.05, 0.1) is 0 Å². The lowest BCUT2D eigenvalue weighted by Crippen LogP contribution is -2.25. The maximum atomic E-state index is 11.3. The summed E-state index contributed by atoms with van der Waals surface area (Å²) >= 11 is 3.45. The molecule has 2 N–H and O–H groups in total. The second-order valence-corrected chi connectivity index (χ2v) is 4.59. The minimum absolute atomic E-state index is 0.0335. The van der Waals surface area contributed by atoms with E-state index in [0.29, 0.717) is 19.5 Å². The molecule has 1 rings (SSSR count). The average molecular weight is 297 g/mol. The molecule has 0 aliphatic heterocycles. The molecular weight excluding hydrogens is 280 g/mol. The summed E-state index contributed by atoms with van der Waals surface area (Å²) in [6.07, 6.45) is 2.13. The van der Waals surface area contributed by atoms with Gasteiger partial charge in [0.2, 0.25) is 5.91 Å². The van der Waals surface area contributed by atoms with Crippen molar-refractivity contribution in [3.63, 3.8) is 0 Å². The second kappa shape index (κ2) is 7.12. The highest BCUT2D eigenvalue weighted by atomic mass is 79.9. The SMILES string of the molecule is C=CCNC(=O)CCNc1ccc(Br)c(C)c1. The first-order chi connectivity index (χ1) is 8.13. The Morgan fingerprint density at radius 2 is 2.29 bits per heavy atom. The Balaban J connectivity index is 2.33. The zero-order chi connectivity index (χ0) is 12.7. The molecule has 0 bridgehead atoms. The number of halogens is 1. The molecule has 1 aromatic rings. The summed E-state index contributed by atoms with van der Waals surface area (Å²) in [7, 11) is 0. The van der Waals surface area contributed by atoms with Gasteiger partial charge < -0.3 is 10.6 Å². The molecule has 0 heterocycles. The third-order valence-electron chi connectivity index (χ3n) is 2.28. The topological polar surface area (TPSA) is 41.1 Å². The fraction of sp³-hybridized carbons (Fsp3) is 0.308. The minimum atomic E-state index is 0.0335. The second-order valence-electron chi connectivity index (χ2n) is 3.73. The van der Waals surface area contributed by atoms with Crippen molar-refractivity contribution in [2.24, 2.45) is 0 Å². The summed E-state index contributed by atoms with van der Waals surface area (Å²) in [4.78, 5) is 11.3. The Morgan fingerprint density at radius 3 is 2.94 bits per heavy atom. The van der Waals surface area contributed by atoms with Crippen LogP contribution in [-0.4, -0.2) is 19.0 Å². The van der Waals surface area contributed by atoms with E-state index in [0.717, 1.165) is 10.2 Å². The normalized spacial score (nSPS) is 9.76. The van der Waals surface area contributed by atoms with E-state index < -0.39 is 0 Å². The third-order valence-corrected chi connectivity index (χ3v) is 3.17. The summed E-state index contributed by atoms with van der Waals surface area (Å²) in [5, 5.41) is 5.95. The molecule has 3 nitrogen and oxygen atoms in total. The Hall–Kier alpha value is -1.29. The number of carbonyl (C=O) groups is 1. The highest BCUT2D eigenvalue weighted by Gasteiger charge is 2.00. The van der Waals surface area contributed by atoms with Crippen molar-refractivity contribution >= 4 is 27.5 Å². The van der Waals surface area contributed by atoms with Gasteiger partial charge >= 0.3 is 0 Å². The van der Waals surface area contributed by atoms with Gasteiger partial charge in [0.25, 0.3) is 0 Å². The minimum Gasteiger partial charge on any atom is -0.385 e. The molecule has 0 aromatic heterocycles. The number of rotatable bonds is 6. The first-order valence-corrected chi connectivity index (χ1v) is 6.30. The summed E-state index contributed by atoms with van der Waals surface area (Å²) < 4.78 is 1.09. The van der Waals surface area contributed by atoms with Crippen molar-refractivity contribution in [2.75, 3.05) is 18.4 Å². The Labute approximate surface area is 110 Å². The van der Waals surface area contributed by atoms with Gasteiger partial charge in [-0.25, -0.2) is 0 Å². The van der Waals surface area contributed by atoms with Gasteiger partial charge in [-0.15, -0.1) is 6.58 Å². The average Bonchev–Trinajstić information content (AvgIpc) is 2.31. The zero-order valence-electron chi connectivity index (χ0n) is 9.92. The molecule has 0 fully saturated rings. The van der Waals surface area contributed by atoms with Crippen molar-refractivity contribution in [2.45, 2.75) is 13.3 Å². The molecule has 0 atom stereocenters. The highest BCUT2D eigenvalue weighted by Crippen LogP contribution is 2.19. The molecule has 0 spiro atoms. The number of anilines is 1.